The minimum atomic E-state index is -0.198. The summed E-state index contributed by atoms with van der Waals surface area (Å²) in [6.45, 7) is 6.20. The zero-order chi connectivity index (χ0) is 15.6. The third kappa shape index (κ3) is 3.03. The van der Waals surface area contributed by atoms with Crippen molar-refractivity contribution in [1.29, 1.82) is 0 Å². The average Bonchev–Trinajstić information content (AvgIpc) is 3.19. The number of rotatable bonds is 6. The molecule has 3 heteroatoms. The van der Waals surface area contributed by atoms with Crippen LogP contribution in [0.3, 0.4) is 0 Å². The van der Waals surface area contributed by atoms with E-state index in [1.54, 1.807) is 6.20 Å². The fraction of sp³-hybridized carbons (Fsp3) is 0.368. The normalized spacial score (nSPS) is 24.4. The van der Waals surface area contributed by atoms with E-state index in [0.29, 0.717) is 13.0 Å². The number of allylic oxidation sites excluding steroid dienone is 6. The van der Waals surface area contributed by atoms with Gasteiger partial charge in [-0.1, -0.05) is 36.5 Å². The predicted molar refractivity (Wildman–Crippen MR) is 88.5 cm³/mol. The number of carbonyl (C=O) groups is 1. The molecule has 0 bridgehead atoms. The predicted octanol–water partition coefficient (Wildman–Crippen LogP) is 3.91. The van der Waals surface area contributed by atoms with Crippen molar-refractivity contribution in [3.63, 3.8) is 0 Å². The van der Waals surface area contributed by atoms with Crippen LogP contribution in [0.15, 0.2) is 65.4 Å². The van der Waals surface area contributed by atoms with Gasteiger partial charge in [-0.05, 0) is 30.9 Å². The first-order chi connectivity index (χ1) is 10.6. The Hall–Kier alpha value is -2.16. The van der Waals surface area contributed by atoms with Gasteiger partial charge in [0.2, 0.25) is 0 Å². The van der Waals surface area contributed by atoms with Crippen LogP contribution in [0.1, 0.15) is 26.2 Å². The van der Waals surface area contributed by atoms with Crippen LogP contribution in [-0.2, 0) is 9.53 Å². The van der Waals surface area contributed by atoms with Crippen LogP contribution in [0.5, 0.6) is 0 Å². The summed E-state index contributed by atoms with van der Waals surface area (Å²) in [6, 6.07) is 0. The Balaban J connectivity index is 1.46. The van der Waals surface area contributed by atoms with E-state index in [2.05, 4.69) is 23.7 Å². The Morgan fingerprint density at radius 2 is 2.36 bits per heavy atom. The largest absolute Gasteiger partial charge is 0.461 e. The number of hydrogen-bond donors (Lipinski definition) is 0. The van der Waals surface area contributed by atoms with Crippen LogP contribution in [0, 0.1) is 11.3 Å². The van der Waals surface area contributed by atoms with E-state index in [0.717, 1.165) is 29.7 Å². The molecule has 1 heterocycles. The van der Waals surface area contributed by atoms with Crippen molar-refractivity contribution in [2.45, 2.75) is 26.2 Å². The van der Waals surface area contributed by atoms with Gasteiger partial charge in [-0.25, -0.2) is 0 Å². The summed E-state index contributed by atoms with van der Waals surface area (Å²) in [5, 5.41) is 0. The maximum atomic E-state index is 12.0. The van der Waals surface area contributed by atoms with E-state index < -0.39 is 0 Å². The first-order valence-corrected chi connectivity index (χ1v) is 7.72. The van der Waals surface area contributed by atoms with Crippen LogP contribution < -0.4 is 0 Å². The summed E-state index contributed by atoms with van der Waals surface area (Å²) in [4.78, 5) is 16.4. The number of aliphatic imine (C=N–C) groups is 1. The molecule has 0 aromatic carbocycles. The third-order valence-electron chi connectivity index (χ3n) is 4.49. The molecule has 0 aromatic heterocycles. The van der Waals surface area contributed by atoms with Gasteiger partial charge >= 0.3 is 5.97 Å². The number of carbonyl (C=O) groups excluding carboxylic acids is 1. The molecule has 0 N–H and O–H groups in total. The lowest BCUT2D eigenvalue weighted by molar-refractivity contribution is -0.141. The maximum absolute atomic E-state index is 12.0. The second-order valence-electron chi connectivity index (χ2n) is 6.13. The van der Waals surface area contributed by atoms with E-state index in [1.807, 2.05) is 31.2 Å². The molecule has 22 heavy (non-hydrogen) atoms. The Labute approximate surface area is 131 Å². The van der Waals surface area contributed by atoms with Gasteiger partial charge in [0.15, 0.2) is 0 Å². The second-order valence-corrected chi connectivity index (χ2v) is 6.13. The molecule has 0 saturated heterocycles. The van der Waals surface area contributed by atoms with Gasteiger partial charge in [0.05, 0.1) is 12.1 Å². The van der Waals surface area contributed by atoms with Crippen molar-refractivity contribution in [2.75, 3.05) is 6.61 Å². The molecular weight excluding hydrogens is 274 g/mol. The molecule has 1 aliphatic heterocycles. The Kier molecular flexibility index (Phi) is 3.97. The highest BCUT2D eigenvalue weighted by atomic mass is 16.5. The lowest BCUT2D eigenvalue weighted by atomic mass is 9.87. The number of nitrogens with zero attached hydrogens (tertiary/aromatic N) is 1. The maximum Gasteiger partial charge on any atom is 0.310 e. The fourth-order valence-electron chi connectivity index (χ4n) is 2.83. The van der Waals surface area contributed by atoms with Gasteiger partial charge < -0.3 is 4.74 Å². The van der Waals surface area contributed by atoms with Crippen molar-refractivity contribution < 1.29 is 9.53 Å². The monoisotopic (exact) mass is 295 g/mol. The fourth-order valence-corrected chi connectivity index (χ4v) is 2.83. The lowest BCUT2D eigenvalue weighted by Crippen LogP contribution is -2.17. The van der Waals surface area contributed by atoms with Gasteiger partial charge in [-0.3, -0.25) is 9.79 Å². The first kappa shape index (κ1) is 14.8. The topological polar surface area (TPSA) is 38.7 Å². The second kappa shape index (κ2) is 5.91. The molecule has 1 fully saturated rings. The SMILES string of the molecule is C=CC1(/C=C/COC(=O)CC2=CN=C3C(C)=CC=CC23)CC1. The minimum Gasteiger partial charge on any atom is -0.461 e. The van der Waals surface area contributed by atoms with Crippen molar-refractivity contribution in [2.24, 2.45) is 16.3 Å². The van der Waals surface area contributed by atoms with E-state index >= 15 is 0 Å². The summed E-state index contributed by atoms with van der Waals surface area (Å²) < 4.78 is 5.29. The summed E-state index contributed by atoms with van der Waals surface area (Å²) >= 11 is 0. The Morgan fingerprint density at radius 1 is 1.55 bits per heavy atom. The van der Waals surface area contributed by atoms with Gasteiger partial charge in [-0.2, -0.15) is 0 Å². The van der Waals surface area contributed by atoms with Crippen molar-refractivity contribution in [1.82, 2.24) is 0 Å². The molecule has 114 valence electrons. The summed E-state index contributed by atoms with van der Waals surface area (Å²) in [5.41, 5.74) is 3.39. The van der Waals surface area contributed by atoms with Gasteiger partial charge in [-0.15, -0.1) is 6.58 Å². The highest BCUT2D eigenvalue weighted by molar-refractivity contribution is 6.07. The van der Waals surface area contributed by atoms with E-state index in [9.17, 15) is 4.79 Å². The molecule has 3 aliphatic rings. The number of esters is 1. The molecule has 1 unspecified atom stereocenters. The lowest BCUT2D eigenvalue weighted by Gasteiger charge is -2.16. The zero-order valence-electron chi connectivity index (χ0n) is 12.9. The zero-order valence-corrected chi connectivity index (χ0v) is 12.9. The molecule has 3 rings (SSSR count). The molecule has 0 radical (unpaired) electrons. The highest BCUT2D eigenvalue weighted by Crippen LogP contribution is 2.47. The van der Waals surface area contributed by atoms with Gasteiger partial charge in [0, 0.05) is 17.5 Å². The summed E-state index contributed by atoms with van der Waals surface area (Å²) in [7, 11) is 0. The van der Waals surface area contributed by atoms with Crippen molar-refractivity contribution in [3.05, 3.63) is 60.4 Å². The van der Waals surface area contributed by atoms with Crippen molar-refractivity contribution >= 4 is 11.7 Å². The molecule has 0 amide bonds. The standard InChI is InChI=1S/C19H21NO2/c1-3-19(9-10-19)8-5-11-22-17(21)12-15-13-20-18-14(2)6-4-7-16(15)18/h3-8,13,16H,1,9-12H2,2H3/b8-5+. The number of ether oxygens (including phenoxy) is 1. The molecule has 2 aliphatic carbocycles. The minimum absolute atomic E-state index is 0.142. The Bertz CT molecular complexity index is 642. The number of fused-ring (bicyclic) bond motifs is 1. The van der Waals surface area contributed by atoms with Gasteiger partial charge in [0.1, 0.15) is 6.61 Å². The molecule has 0 spiro atoms. The van der Waals surface area contributed by atoms with E-state index in [1.165, 1.54) is 0 Å². The van der Waals surface area contributed by atoms with Crippen LogP contribution in [0.25, 0.3) is 0 Å². The van der Waals surface area contributed by atoms with Crippen LogP contribution in [0.4, 0.5) is 0 Å². The molecule has 0 aromatic rings. The van der Waals surface area contributed by atoms with Crippen LogP contribution >= 0.6 is 0 Å². The number of hydrogen-bond acceptors (Lipinski definition) is 3. The first-order valence-electron chi connectivity index (χ1n) is 7.72. The highest BCUT2D eigenvalue weighted by Gasteiger charge is 2.36. The summed E-state index contributed by atoms with van der Waals surface area (Å²) in [5.74, 6) is -0.0556. The van der Waals surface area contributed by atoms with E-state index in [4.69, 9.17) is 4.74 Å². The van der Waals surface area contributed by atoms with Crippen LogP contribution in [0.2, 0.25) is 0 Å². The molecule has 3 nitrogen and oxygen atoms in total. The molecular formula is C19H21NO2. The van der Waals surface area contributed by atoms with E-state index in [-0.39, 0.29) is 17.3 Å². The van der Waals surface area contributed by atoms with Crippen molar-refractivity contribution in [3.8, 4) is 0 Å². The molecule has 1 atom stereocenters. The van der Waals surface area contributed by atoms with Crippen LogP contribution in [-0.4, -0.2) is 18.3 Å². The quantitative estimate of drug-likeness (QED) is 0.550. The summed E-state index contributed by atoms with van der Waals surface area (Å²) in [6.07, 6.45) is 16.5. The average molecular weight is 295 g/mol. The molecule has 1 saturated carbocycles. The third-order valence-corrected chi connectivity index (χ3v) is 4.49. The van der Waals surface area contributed by atoms with Gasteiger partial charge in [0.25, 0.3) is 0 Å². The Morgan fingerprint density at radius 3 is 3.09 bits per heavy atom. The smallest absolute Gasteiger partial charge is 0.310 e.